The van der Waals surface area contributed by atoms with Gasteiger partial charge in [0, 0.05) is 44.8 Å². The molecule has 7 nitrogen and oxygen atoms in total. The van der Waals surface area contributed by atoms with Crippen molar-refractivity contribution in [1.29, 1.82) is 0 Å². The molecule has 2 fully saturated rings. The van der Waals surface area contributed by atoms with Gasteiger partial charge in [-0.15, -0.1) is 0 Å². The van der Waals surface area contributed by atoms with E-state index in [-0.39, 0.29) is 11.6 Å². The van der Waals surface area contributed by atoms with E-state index in [1.165, 1.54) is 19.3 Å². The molecule has 0 spiro atoms. The Morgan fingerprint density at radius 1 is 1.03 bits per heavy atom. The summed E-state index contributed by atoms with van der Waals surface area (Å²) in [5, 5.41) is 0.710. The molecule has 8 heteroatoms. The molecule has 0 bridgehead atoms. The van der Waals surface area contributed by atoms with Crippen LogP contribution >= 0.6 is 11.6 Å². The van der Waals surface area contributed by atoms with E-state index >= 15 is 0 Å². The fourth-order valence-electron chi connectivity index (χ4n) is 5.03. The minimum absolute atomic E-state index is 0.00852. The van der Waals surface area contributed by atoms with E-state index in [4.69, 9.17) is 21.1 Å². The fraction of sp³-hybridized carbons (Fsp3) is 0.609. The number of hydrogen-bond donors (Lipinski definition) is 0. The van der Waals surface area contributed by atoms with Crippen LogP contribution in [0.4, 0.5) is 5.69 Å². The molecular weight excluding hydrogens is 416 g/mol. The highest BCUT2D eigenvalue weighted by Crippen LogP contribution is 2.33. The standard InChI is InChI=1S/C23H33ClN4O3/c1-25-20(22(31-3)23(29)28(25)18-7-5-4-6-8-18)16-26-11-13-27(14-12-26)19-15-17(24)9-10-21(19)30-2/h9-10,15,18H,4-8,11-14,16H2,1-3H3. The third-order valence-corrected chi connectivity index (χ3v) is 6.97. The van der Waals surface area contributed by atoms with Gasteiger partial charge >= 0.3 is 5.56 Å². The third-order valence-electron chi connectivity index (χ3n) is 6.73. The van der Waals surface area contributed by atoms with E-state index in [1.807, 2.05) is 34.6 Å². The van der Waals surface area contributed by atoms with Gasteiger partial charge in [-0.2, -0.15) is 0 Å². The molecule has 1 aromatic heterocycles. The Morgan fingerprint density at radius 2 is 1.74 bits per heavy atom. The van der Waals surface area contributed by atoms with Gasteiger partial charge in [0.15, 0.2) is 0 Å². The maximum Gasteiger partial charge on any atom is 0.309 e. The number of piperazine rings is 1. The lowest BCUT2D eigenvalue weighted by atomic mass is 9.96. The fourth-order valence-corrected chi connectivity index (χ4v) is 5.19. The summed E-state index contributed by atoms with van der Waals surface area (Å²) >= 11 is 6.22. The quantitative estimate of drug-likeness (QED) is 0.674. The van der Waals surface area contributed by atoms with Crippen LogP contribution in [0, 0.1) is 0 Å². The molecule has 1 aliphatic heterocycles. The first-order valence-corrected chi connectivity index (χ1v) is 11.6. The number of benzene rings is 1. The summed E-state index contributed by atoms with van der Waals surface area (Å²) in [6.07, 6.45) is 5.78. The maximum absolute atomic E-state index is 13.1. The van der Waals surface area contributed by atoms with Crippen LogP contribution in [0.5, 0.6) is 11.5 Å². The maximum atomic E-state index is 13.1. The SMILES string of the molecule is COc1ccc(Cl)cc1N1CCN(Cc2c(OC)c(=O)n(C3CCCCC3)n2C)CC1. The van der Waals surface area contributed by atoms with Crippen molar-refractivity contribution in [2.75, 3.05) is 45.3 Å². The lowest BCUT2D eigenvalue weighted by Gasteiger charge is -2.36. The number of anilines is 1. The highest BCUT2D eigenvalue weighted by atomic mass is 35.5. The first-order valence-electron chi connectivity index (χ1n) is 11.2. The molecule has 0 amide bonds. The van der Waals surface area contributed by atoms with Gasteiger partial charge in [-0.1, -0.05) is 30.9 Å². The molecule has 0 radical (unpaired) electrons. The van der Waals surface area contributed by atoms with Gasteiger partial charge in [0.05, 0.1) is 31.6 Å². The number of hydrogen-bond acceptors (Lipinski definition) is 5. The summed E-state index contributed by atoms with van der Waals surface area (Å²) in [7, 11) is 5.29. The highest BCUT2D eigenvalue weighted by Gasteiger charge is 2.28. The second kappa shape index (κ2) is 9.57. The Kier molecular flexibility index (Phi) is 6.82. The largest absolute Gasteiger partial charge is 0.495 e. The van der Waals surface area contributed by atoms with Crippen molar-refractivity contribution in [2.24, 2.45) is 7.05 Å². The van der Waals surface area contributed by atoms with Gasteiger partial charge in [0.2, 0.25) is 5.75 Å². The molecule has 2 aromatic rings. The van der Waals surface area contributed by atoms with Crippen LogP contribution in [0.15, 0.2) is 23.0 Å². The molecule has 2 heterocycles. The predicted molar refractivity (Wildman–Crippen MR) is 124 cm³/mol. The van der Waals surface area contributed by atoms with Crippen molar-refractivity contribution >= 4 is 17.3 Å². The Bertz CT molecular complexity index is 956. The molecule has 0 unspecified atom stereocenters. The Labute approximate surface area is 189 Å². The van der Waals surface area contributed by atoms with Crippen LogP contribution in [0.1, 0.15) is 43.8 Å². The molecule has 4 rings (SSSR count). The van der Waals surface area contributed by atoms with Gasteiger partial charge in [0.1, 0.15) is 5.75 Å². The van der Waals surface area contributed by atoms with Crippen LogP contribution in [0.25, 0.3) is 0 Å². The predicted octanol–water partition coefficient (Wildman–Crippen LogP) is 3.68. The zero-order valence-electron chi connectivity index (χ0n) is 18.8. The summed E-state index contributed by atoms with van der Waals surface area (Å²) in [5.74, 6) is 1.33. The van der Waals surface area contributed by atoms with Crippen molar-refractivity contribution in [2.45, 2.75) is 44.7 Å². The molecule has 2 aliphatic rings. The van der Waals surface area contributed by atoms with Crippen molar-refractivity contribution in [3.05, 3.63) is 39.3 Å². The van der Waals surface area contributed by atoms with Gasteiger partial charge in [0.25, 0.3) is 0 Å². The molecule has 1 aromatic carbocycles. The number of ether oxygens (including phenoxy) is 2. The summed E-state index contributed by atoms with van der Waals surface area (Å²) in [5.41, 5.74) is 2.00. The average Bonchev–Trinajstić information content (AvgIpc) is 3.03. The van der Waals surface area contributed by atoms with Crippen molar-refractivity contribution in [3.8, 4) is 11.5 Å². The normalized spacial score (nSPS) is 18.4. The van der Waals surface area contributed by atoms with E-state index in [0.29, 0.717) is 17.3 Å². The summed E-state index contributed by atoms with van der Waals surface area (Å²) < 4.78 is 15.1. The highest BCUT2D eigenvalue weighted by molar-refractivity contribution is 6.30. The van der Waals surface area contributed by atoms with E-state index in [1.54, 1.807) is 14.2 Å². The van der Waals surface area contributed by atoms with E-state index < -0.39 is 0 Å². The van der Waals surface area contributed by atoms with Gasteiger partial charge < -0.3 is 14.4 Å². The second-order valence-corrected chi connectivity index (χ2v) is 8.96. The number of halogens is 1. The van der Waals surface area contributed by atoms with Crippen LogP contribution in [-0.4, -0.2) is 54.7 Å². The summed E-state index contributed by atoms with van der Waals surface area (Å²) in [6, 6.07) is 6.01. The molecule has 1 saturated carbocycles. The van der Waals surface area contributed by atoms with Gasteiger partial charge in [-0.05, 0) is 31.0 Å². The number of rotatable bonds is 6. The van der Waals surface area contributed by atoms with E-state index in [0.717, 1.165) is 56.2 Å². The number of aromatic nitrogens is 2. The minimum Gasteiger partial charge on any atom is -0.495 e. The number of methoxy groups -OCH3 is 2. The molecule has 0 N–H and O–H groups in total. The molecule has 170 valence electrons. The zero-order valence-corrected chi connectivity index (χ0v) is 19.5. The van der Waals surface area contributed by atoms with Crippen molar-refractivity contribution in [3.63, 3.8) is 0 Å². The van der Waals surface area contributed by atoms with Crippen molar-refractivity contribution in [1.82, 2.24) is 14.3 Å². The van der Waals surface area contributed by atoms with Crippen LogP contribution in [0.3, 0.4) is 0 Å². The first kappa shape index (κ1) is 22.1. The molecule has 0 atom stereocenters. The Balaban J connectivity index is 1.49. The van der Waals surface area contributed by atoms with E-state index in [9.17, 15) is 4.79 Å². The molecule has 1 saturated heterocycles. The summed E-state index contributed by atoms with van der Waals surface area (Å²) in [6.45, 7) is 4.23. The second-order valence-electron chi connectivity index (χ2n) is 8.52. The first-order chi connectivity index (χ1) is 15.0. The Hall–Kier alpha value is -2.12. The Morgan fingerprint density at radius 3 is 2.39 bits per heavy atom. The molecule has 31 heavy (non-hydrogen) atoms. The smallest absolute Gasteiger partial charge is 0.309 e. The van der Waals surface area contributed by atoms with Crippen LogP contribution in [-0.2, 0) is 13.6 Å². The number of nitrogens with zero attached hydrogens (tertiary/aromatic N) is 4. The van der Waals surface area contributed by atoms with Crippen molar-refractivity contribution < 1.29 is 9.47 Å². The summed E-state index contributed by atoms with van der Waals surface area (Å²) in [4.78, 5) is 17.8. The minimum atomic E-state index is 0.00852. The molecule has 1 aliphatic carbocycles. The molecular formula is C23H33ClN4O3. The van der Waals surface area contributed by atoms with E-state index in [2.05, 4.69) is 9.80 Å². The lowest BCUT2D eigenvalue weighted by Crippen LogP contribution is -2.46. The topological polar surface area (TPSA) is 51.9 Å². The monoisotopic (exact) mass is 448 g/mol. The lowest BCUT2D eigenvalue weighted by molar-refractivity contribution is 0.232. The average molecular weight is 449 g/mol. The zero-order chi connectivity index (χ0) is 22.0. The van der Waals surface area contributed by atoms with Gasteiger partial charge in [-0.25, -0.2) is 4.68 Å². The third kappa shape index (κ3) is 4.44. The van der Waals surface area contributed by atoms with Crippen LogP contribution < -0.4 is 19.9 Å². The van der Waals surface area contributed by atoms with Gasteiger partial charge in [-0.3, -0.25) is 14.4 Å². The van der Waals surface area contributed by atoms with Crippen LogP contribution in [0.2, 0.25) is 5.02 Å².